The molecule has 0 aromatic heterocycles. The molecule has 1 heterocycles. The lowest BCUT2D eigenvalue weighted by Crippen LogP contribution is -2.58. The largest absolute Gasteiger partial charge is 0.598 e. The Kier molecular flexibility index (Phi) is 4.68. The maximum absolute atomic E-state index is 14.3. The van der Waals surface area contributed by atoms with Gasteiger partial charge >= 0.3 is 6.09 Å². The van der Waals surface area contributed by atoms with Crippen LogP contribution in [0.2, 0.25) is 0 Å². The van der Waals surface area contributed by atoms with E-state index in [1.807, 2.05) is 0 Å². The maximum atomic E-state index is 14.3. The summed E-state index contributed by atoms with van der Waals surface area (Å²) >= 11 is -1.58. The maximum Gasteiger partial charge on any atom is 0.407 e. The van der Waals surface area contributed by atoms with Crippen LogP contribution in [0.5, 0.6) is 0 Å². The summed E-state index contributed by atoms with van der Waals surface area (Å²) < 4.78 is 42.9. The summed E-state index contributed by atoms with van der Waals surface area (Å²) in [6, 6.07) is -1.16. The number of hydrogen-bond donors (Lipinski definition) is 2. The number of carbonyl (C=O) groups is 1. The molecule has 8 heteroatoms. The second-order valence-electron chi connectivity index (χ2n) is 7.32. The van der Waals surface area contributed by atoms with Crippen LogP contribution < -0.4 is 4.72 Å². The van der Waals surface area contributed by atoms with E-state index in [0.717, 1.165) is 0 Å². The van der Waals surface area contributed by atoms with E-state index in [9.17, 15) is 18.1 Å². The van der Waals surface area contributed by atoms with Crippen molar-refractivity contribution in [2.75, 3.05) is 13.1 Å². The van der Waals surface area contributed by atoms with Crippen LogP contribution in [0.4, 0.5) is 13.6 Å². The minimum Gasteiger partial charge on any atom is -0.598 e. The van der Waals surface area contributed by atoms with Crippen molar-refractivity contribution in [1.82, 2.24) is 9.62 Å². The standard InChI is InChI=1S/C14H24F2N2O3S/c1-12(2,3)22(21)17-10-13(4-5-14(10,15)16)6-8-18(9-7-13)11(19)20/h10,17H,4-9H2,1-3H3,(H,19,20). The fraction of sp³-hybridized carbons (Fsp3) is 0.929. The zero-order valence-corrected chi connectivity index (χ0v) is 14.0. The summed E-state index contributed by atoms with van der Waals surface area (Å²) in [5, 5.41) is 9.00. The van der Waals surface area contributed by atoms with Gasteiger partial charge in [0.15, 0.2) is 0 Å². The molecule has 2 N–H and O–H groups in total. The first-order chi connectivity index (χ1) is 9.98. The lowest BCUT2D eigenvalue weighted by atomic mass is 9.74. The number of amides is 1. The third-order valence-electron chi connectivity index (χ3n) is 4.80. The van der Waals surface area contributed by atoms with Crippen LogP contribution in [0.25, 0.3) is 0 Å². The summed E-state index contributed by atoms with van der Waals surface area (Å²) in [6.07, 6.45) is -0.143. The Hall–Kier alpha value is -0.600. The van der Waals surface area contributed by atoms with Gasteiger partial charge in [0.25, 0.3) is 5.92 Å². The van der Waals surface area contributed by atoms with Crippen molar-refractivity contribution in [3.63, 3.8) is 0 Å². The van der Waals surface area contributed by atoms with Crippen molar-refractivity contribution < 1.29 is 23.2 Å². The number of halogens is 2. The highest BCUT2D eigenvalue weighted by molar-refractivity contribution is 7.90. The number of nitrogens with one attached hydrogen (secondary N) is 1. The molecule has 1 spiro atoms. The van der Waals surface area contributed by atoms with Gasteiger partial charge in [0.1, 0.15) is 10.8 Å². The molecule has 1 saturated heterocycles. The number of hydrogen-bond acceptors (Lipinski definition) is 3. The summed E-state index contributed by atoms with van der Waals surface area (Å²) in [6.45, 7) is 5.73. The van der Waals surface area contributed by atoms with Gasteiger partial charge in [-0.1, -0.05) is 0 Å². The second-order valence-corrected chi connectivity index (χ2v) is 9.32. The second kappa shape index (κ2) is 5.79. The first kappa shape index (κ1) is 17.7. The molecule has 0 bridgehead atoms. The van der Waals surface area contributed by atoms with E-state index < -0.39 is 39.6 Å². The molecule has 1 saturated carbocycles. The predicted molar refractivity (Wildman–Crippen MR) is 80.3 cm³/mol. The SMILES string of the molecule is CC(C)(C)[S+]([O-])NC1C(F)(F)CCC12CCN(C(=O)O)CC2. The lowest BCUT2D eigenvalue weighted by molar-refractivity contribution is -0.0402. The molecule has 2 atom stereocenters. The normalized spacial score (nSPS) is 28.8. The number of carboxylic acid groups (broad SMARTS) is 1. The molecular weight excluding hydrogens is 314 g/mol. The molecule has 0 aromatic carbocycles. The Morgan fingerprint density at radius 1 is 1.27 bits per heavy atom. The molecule has 0 aromatic rings. The smallest absolute Gasteiger partial charge is 0.407 e. The average Bonchev–Trinajstić information content (AvgIpc) is 2.63. The summed E-state index contributed by atoms with van der Waals surface area (Å²) in [4.78, 5) is 12.3. The van der Waals surface area contributed by atoms with Gasteiger partial charge < -0.3 is 14.6 Å². The Morgan fingerprint density at radius 2 is 1.82 bits per heavy atom. The van der Waals surface area contributed by atoms with Crippen molar-refractivity contribution in [2.24, 2.45) is 5.41 Å². The molecule has 2 unspecified atom stereocenters. The van der Waals surface area contributed by atoms with Crippen LogP contribution >= 0.6 is 0 Å². The van der Waals surface area contributed by atoms with Crippen LogP contribution in [0.3, 0.4) is 0 Å². The van der Waals surface area contributed by atoms with Crippen LogP contribution in [-0.2, 0) is 11.4 Å². The van der Waals surface area contributed by atoms with E-state index in [0.29, 0.717) is 19.3 Å². The minimum absolute atomic E-state index is 0.237. The molecule has 128 valence electrons. The summed E-state index contributed by atoms with van der Waals surface area (Å²) in [5.74, 6) is -2.91. The number of rotatable bonds is 2. The monoisotopic (exact) mass is 338 g/mol. The highest BCUT2D eigenvalue weighted by atomic mass is 32.2. The van der Waals surface area contributed by atoms with Crippen molar-refractivity contribution in [3.8, 4) is 0 Å². The van der Waals surface area contributed by atoms with E-state index in [2.05, 4.69) is 4.72 Å². The molecule has 22 heavy (non-hydrogen) atoms. The fourth-order valence-corrected chi connectivity index (χ4v) is 4.32. The number of alkyl halides is 2. The molecule has 1 aliphatic carbocycles. The molecule has 5 nitrogen and oxygen atoms in total. The number of piperidine rings is 1. The zero-order valence-electron chi connectivity index (χ0n) is 13.2. The third-order valence-corrected chi connectivity index (χ3v) is 6.36. The van der Waals surface area contributed by atoms with Crippen molar-refractivity contribution in [2.45, 2.75) is 63.2 Å². The molecule has 2 rings (SSSR count). The van der Waals surface area contributed by atoms with E-state index in [4.69, 9.17) is 5.11 Å². The van der Waals surface area contributed by atoms with Gasteiger partial charge in [0.2, 0.25) is 0 Å². The molecule has 2 fully saturated rings. The van der Waals surface area contributed by atoms with Crippen LogP contribution in [0.1, 0.15) is 46.5 Å². The Balaban J connectivity index is 2.15. The van der Waals surface area contributed by atoms with Crippen LogP contribution in [-0.4, -0.2) is 50.5 Å². The van der Waals surface area contributed by atoms with Gasteiger partial charge in [0.05, 0.1) is 0 Å². The molecule has 0 radical (unpaired) electrons. The average molecular weight is 338 g/mol. The first-order valence-electron chi connectivity index (χ1n) is 7.52. The zero-order chi connectivity index (χ0) is 16.8. The molecule has 1 amide bonds. The first-order valence-corrected chi connectivity index (χ1v) is 8.67. The summed E-state index contributed by atoms with van der Waals surface area (Å²) in [5.41, 5.74) is -0.670. The van der Waals surface area contributed by atoms with Crippen molar-refractivity contribution >= 4 is 17.5 Å². The van der Waals surface area contributed by atoms with E-state index >= 15 is 0 Å². The van der Waals surface area contributed by atoms with E-state index in [1.54, 1.807) is 20.8 Å². The minimum atomic E-state index is -2.91. The molecule has 1 aliphatic heterocycles. The number of nitrogens with zero attached hydrogens (tertiary/aromatic N) is 1. The quantitative estimate of drug-likeness (QED) is 0.759. The molecule has 2 aliphatic rings. The van der Waals surface area contributed by atoms with Crippen LogP contribution in [0, 0.1) is 5.41 Å². The Labute approximate surface area is 132 Å². The van der Waals surface area contributed by atoms with Crippen molar-refractivity contribution in [3.05, 3.63) is 0 Å². The highest BCUT2D eigenvalue weighted by Gasteiger charge is 2.61. The van der Waals surface area contributed by atoms with E-state index in [-0.39, 0.29) is 19.5 Å². The lowest BCUT2D eigenvalue weighted by Gasteiger charge is -2.43. The van der Waals surface area contributed by atoms with Gasteiger partial charge in [-0.05, 0) is 45.4 Å². The van der Waals surface area contributed by atoms with Gasteiger partial charge in [-0.25, -0.2) is 13.6 Å². The van der Waals surface area contributed by atoms with Gasteiger partial charge in [-0.2, -0.15) is 0 Å². The highest BCUT2D eigenvalue weighted by Crippen LogP contribution is 2.53. The van der Waals surface area contributed by atoms with Crippen LogP contribution in [0.15, 0.2) is 0 Å². The third kappa shape index (κ3) is 3.33. The predicted octanol–water partition coefficient (Wildman–Crippen LogP) is 2.60. The number of likely N-dealkylation sites (tertiary alicyclic amines) is 1. The van der Waals surface area contributed by atoms with Gasteiger partial charge in [-0.3, -0.25) is 0 Å². The topological polar surface area (TPSA) is 75.6 Å². The molecular formula is C14H24F2N2O3S. The Morgan fingerprint density at radius 3 is 2.27 bits per heavy atom. The van der Waals surface area contributed by atoms with Gasteiger partial charge in [0, 0.05) is 30.9 Å². The summed E-state index contributed by atoms with van der Waals surface area (Å²) in [7, 11) is 0. The Bertz CT molecular complexity index is 434. The van der Waals surface area contributed by atoms with E-state index in [1.165, 1.54) is 4.90 Å². The van der Waals surface area contributed by atoms with Crippen molar-refractivity contribution in [1.29, 1.82) is 0 Å². The van der Waals surface area contributed by atoms with Gasteiger partial charge in [-0.15, -0.1) is 4.72 Å². The fourth-order valence-electron chi connectivity index (χ4n) is 3.33.